The van der Waals surface area contributed by atoms with Crippen LogP contribution >= 0.6 is 0 Å². The van der Waals surface area contributed by atoms with Gasteiger partial charge in [0.05, 0.1) is 0 Å². The topological polar surface area (TPSA) is 44.9 Å². The maximum absolute atomic E-state index is 12.2. The summed E-state index contributed by atoms with van der Waals surface area (Å²) in [5, 5.41) is 4.10. The number of H-pyrrole nitrogens is 1. The number of benzene rings is 2. The van der Waals surface area contributed by atoms with Crippen LogP contribution in [0, 0.1) is 6.92 Å². The van der Waals surface area contributed by atoms with Gasteiger partial charge in [-0.2, -0.15) is 13.2 Å². The number of fused-ring (bicyclic) bond motifs is 3. The van der Waals surface area contributed by atoms with E-state index in [2.05, 4.69) is 4.98 Å². The second-order valence-electron chi connectivity index (χ2n) is 5.45. The van der Waals surface area contributed by atoms with Crippen molar-refractivity contribution in [3.05, 3.63) is 47.5 Å². The fourth-order valence-corrected chi connectivity index (χ4v) is 2.78. The molecule has 0 aliphatic heterocycles. The Balaban J connectivity index is 1.84. The van der Waals surface area contributed by atoms with Crippen LogP contribution < -0.4 is 5.32 Å². The van der Waals surface area contributed by atoms with Crippen LogP contribution in [-0.4, -0.2) is 23.6 Å². The Labute approximate surface area is 130 Å². The van der Waals surface area contributed by atoms with Gasteiger partial charge in [0.15, 0.2) is 0 Å². The zero-order valence-corrected chi connectivity index (χ0v) is 12.4. The standard InChI is InChI=1S/C17H15F3N2O/c1-10-11(8-9-21-16(23)17(18,19)20)6-7-13-12-4-2-3-5-14(12)22-15(10)13/h2-7,22H,8-9H2,1H3,(H,21,23). The lowest BCUT2D eigenvalue weighted by atomic mass is 10.0. The van der Waals surface area contributed by atoms with Crippen molar-refractivity contribution in [1.82, 2.24) is 10.3 Å². The molecule has 1 heterocycles. The number of rotatable bonds is 3. The number of aromatic amines is 1. The number of hydrogen-bond acceptors (Lipinski definition) is 1. The number of aryl methyl sites for hydroxylation is 1. The number of amides is 1. The average molecular weight is 320 g/mol. The van der Waals surface area contributed by atoms with Gasteiger partial charge in [-0.1, -0.05) is 30.3 Å². The Kier molecular flexibility index (Phi) is 3.75. The van der Waals surface area contributed by atoms with Crippen LogP contribution in [-0.2, 0) is 11.2 Å². The molecule has 23 heavy (non-hydrogen) atoms. The summed E-state index contributed by atoms with van der Waals surface area (Å²) in [6, 6.07) is 11.8. The lowest BCUT2D eigenvalue weighted by Crippen LogP contribution is -2.37. The monoisotopic (exact) mass is 320 g/mol. The highest BCUT2D eigenvalue weighted by Crippen LogP contribution is 2.29. The van der Waals surface area contributed by atoms with Gasteiger partial charge >= 0.3 is 12.1 Å². The first-order valence-electron chi connectivity index (χ1n) is 7.22. The summed E-state index contributed by atoms with van der Waals surface area (Å²) in [6.07, 6.45) is -4.49. The third-order valence-electron chi connectivity index (χ3n) is 3.99. The molecule has 0 saturated carbocycles. The molecule has 3 rings (SSSR count). The SMILES string of the molecule is Cc1c(CCNC(=O)C(F)(F)F)ccc2c1[nH]c1ccccc12. The quantitative estimate of drug-likeness (QED) is 0.756. The third-order valence-corrected chi connectivity index (χ3v) is 3.99. The van der Waals surface area contributed by atoms with Crippen LogP contribution in [0.25, 0.3) is 21.8 Å². The van der Waals surface area contributed by atoms with Crippen LogP contribution in [0.1, 0.15) is 11.1 Å². The first-order valence-corrected chi connectivity index (χ1v) is 7.22. The van der Waals surface area contributed by atoms with Gasteiger partial charge in [-0.15, -0.1) is 0 Å². The minimum Gasteiger partial charge on any atom is -0.354 e. The van der Waals surface area contributed by atoms with Crippen molar-refractivity contribution in [3.63, 3.8) is 0 Å². The summed E-state index contributed by atoms with van der Waals surface area (Å²) < 4.78 is 36.5. The molecule has 6 heteroatoms. The highest BCUT2D eigenvalue weighted by molar-refractivity contribution is 6.08. The van der Waals surface area contributed by atoms with E-state index in [1.165, 1.54) is 0 Å². The molecule has 120 valence electrons. The summed E-state index contributed by atoms with van der Waals surface area (Å²) in [5.41, 5.74) is 3.89. The van der Waals surface area contributed by atoms with Gasteiger partial charge in [0, 0.05) is 28.4 Å². The summed E-state index contributed by atoms with van der Waals surface area (Å²) in [5.74, 6) is -1.90. The molecule has 0 fully saturated rings. The number of carbonyl (C=O) groups is 1. The Morgan fingerprint density at radius 2 is 1.87 bits per heavy atom. The molecule has 1 aromatic heterocycles. The van der Waals surface area contributed by atoms with Crippen LogP contribution in [0.4, 0.5) is 13.2 Å². The van der Waals surface area contributed by atoms with Gasteiger partial charge in [-0.05, 0) is 30.5 Å². The lowest BCUT2D eigenvalue weighted by molar-refractivity contribution is -0.173. The summed E-state index contributed by atoms with van der Waals surface area (Å²) in [4.78, 5) is 14.2. The Bertz CT molecular complexity index is 881. The van der Waals surface area contributed by atoms with Crippen molar-refractivity contribution >= 4 is 27.7 Å². The second-order valence-corrected chi connectivity index (χ2v) is 5.45. The van der Waals surface area contributed by atoms with Crippen LogP contribution in [0.3, 0.4) is 0 Å². The van der Waals surface area contributed by atoms with Crippen LogP contribution in [0.5, 0.6) is 0 Å². The lowest BCUT2D eigenvalue weighted by Gasteiger charge is -2.10. The highest BCUT2D eigenvalue weighted by atomic mass is 19.4. The highest BCUT2D eigenvalue weighted by Gasteiger charge is 2.38. The molecule has 3 aromatic rings. The number of nitrogens with one attached hydrogen (secondary N) is 2. The predicted molar refractivity (Wildman–Crippen MR) is 83.3 cm³/mol. The Morgan fingerprint density at radius 1 is 1.13 bits per heavy atom. The molecule has 0 saturated heterocycles. The van der Waals surface area contributed by atoms with Crippen LogP contribution in [0.15, 0.2) is 36.4 Å². The van der Waals surface area contributed by atoms with Crippen molar-refractivity contribution in [1.29, 1.82) is 0 Å². The molecular formula is C17H15F3N2O. The van der Waals surface area contributed by atoms with E-state index < -0.39 is 12.1 Å². The van der Waals surface area contributed by atoms with E-state index in [1.807, 2.05) is 48.6 Å². The Morgan fingerprint density at radius 3 is 2.61 bits per heavy atom. The van der Waals surface area contributed by atoms with Crippen molar-refractivity contribution in [3.8, 4) is 0 Å². The first kappa shape index (κ1) is 15.4. The minimum atomic E-state index is -4.84. The maximum Gasteiger partial charge on any atom is 0.471 e. The Hall–Kier alpha value is -2.50. The fraction of sp³-hybridized carbons (Fsp3) is 0.235. The molecule has 3 nitrogen and oxygen atoms in total. The van der Waals surface area contributed by atoms with E-state index in [9.17, 15) is 18.0 Å². The molecule has 0 aliphatic carbocycles. The molecule has 1 amide bonds. The van der Waals surface area contributed by atoms with Gasteiger partial charge in [0.25, 0.3) is 0 Å². The van der Waals surface area contributed by atoms with E-state index in [0.29, 0.717) is 6.42 Å². The molecule has 2 aromatic carbocycles. The largest absolute Gasteiger partial charge is 0.471 e. The van der Waals surface area contributed by atoms with Gasteiger partial charge in [0.1, 0.15) is 0 Å². The molecular weight excluding hydrogens is 305 g/mol. The van der Waals surface area contributed by atoms with Gasteiger partial charge < -0.3 is 10.3 Å². The molecule has 0 bridgehead atoms. The van der Waals surface area contributed by atoms with E-state index >= 15 is 0 Å². The first-order chi connectivity index (χ1) is 10.9. The van der Waals surface area contributed by atoms with E-state index in [4.69, 9.17) is 0 Å². The third kappa shape index (κ3) is 2.88. The zero-order valence-electron chi connectivity index (χ0n) is 12.4. The van der Waals surface area contributed by atoms with Crippen molar-refractivity contribution < 1.29 is 18.0 Å². The summed E-state index contributed by atoms with van der Waals surface area (Å²) >= 11 is 0. The van der Waals surface area contributed by atoms with Crippen molar-refractivity contribution in [2.75, 3.05) is 6.54 Å². The number of hydrogen-bond donors (Lipinski definition) is 2. The zero-order chi connectivity index (χ0) is 16.6. The summed E-state index contributed by atoms with van der Waals surface area (Å²) in [6.45, 7) is 1.88. The average Bonchev–Trinajstić information content (AvgIpc) is 2.88. The van der Waals surface area contributed by atoms with Gasteiger partial charge in [0.2, 0.25) is 0 Å². The number of halogens is 3. The predicted octanol–water partition coefficient (Wildman–Crippen LogP) is 3.85. The van der Waals surface area contributed by atoms with Crippen molar-refractivity contribution in [2.45, 2.75) is 19.5 Å². The molecule has 0 aliphatic rings. The van der Waals surface area contributed by atoms with E-state index in [0.717, 1.165) is 32.9 Å². The van der Waals surface area contributed by atoms with Crippen LogP contribution in [0.2, 0.25) is 0 Å². The molecule has 2 N–H and O–H groups in total. The minimum absolute atomic E-state index is 0.0507. The molecule has 0 radical (unpaired) electrons. The number of aromatic nitrogens is 1. The van der Waals surface area contributed by atoms with Gasteiger partial charge in [-0.25, -0.2) is 0 Å². The molecule has 0 unspecified atom stereocenters. The smallest absolute Gasteiger partial charge is 0.354 e. The second kappa shape index (κ2) is 5.61. The normalized spacial score (nSPS) is 12.0. The summed E-state index contributed by atoms with van der Waals surface area (Å²) in [7, 11) is 0. The number of carbonyl (C=O) groups excluding carboxylic acids is 1. The van der Waals surface area contributed by atoms with E-state index in [-0.39, 0.29) is 6.54 Å². The number of para-hydroxylation sites is 1. The molecule has 0 spiro atoms. The molecule has 0 atom stereocenters. The van der Waals surface area contributed by atoms with Gasteiger partial charge in [-0.3, -0.25) is 4.79 Å². The van der Waals surface area contributed by atoms with Crippen molar-refractivity contribution in [2.24, 2.45) is 0 Å². The fourth-order valence-electron chi connectivity index (χ4n) is 2.78. The van der Waals surface area contributed by atoms with E-state index in [1.54, 1.807) is 0 Å². The maximum atomic E-state index is 12.2. The number of alkyl halides is 3.